The van der Waals surface area contributed by atoms with Gasteiger partial charge in [0.05, 0.1) is 12.4 Å². The van der Waals surface area contributed by atoms with Gasteiger partial charge in [0.1, 0.15) is 11.5 Å². The lowest BCUT2D eigenvalue weighted by atomic mass is 9.72. The van der Waals surface area contributed by atoms with E-state index >= 15 is 0 Å². The van der Waals surface area contributed by atoms with Crippen LogP contribution in [0, 0.1) is 0 Å². The van der Waals surface area contributed by atoms with Crippen molar-refractivity contribution < 1.29 is 24.4 Å². The normalized spacial score (nSPS) is 21.5. The molecule has 0 bridgehead atoms. The summed E-state index contributed by atoms with van der Waals surface area (Å²) >= 11 is 0. The fourth-order valence-electron chi connectivity index (χ4n) is 2.57. The van der Waals surface area contributed by atoms with E-state index in [1.807, 2.05) is 0 Å². The number of carbonyl (C=O) groups excluding carboxylic acids is 2. The lowest BCUT2D eigenvalue weighted by molar-refractivity contribution is -0.122. The topological polar surface area (TPSA) is 95.9 Å². The molecule has 118 valence electrons. The molecule has 0 aromatic heterocycles. The average Bonchev–Trinajstić information content (AvgIpc) is 2.44. The Morgan fingerprint density at radius 3 is 2.73 bits per heavy atom. The van der Waals surface area contributed by atoms with Crippen LogP contribution < -0.4 is 5.32 Å². The molecule has 2 atom stereocenters. The Morgan fingerprint density at radius 2 is 2.09 bits per heavy atom. The van der Waals surface area contributed by atoms with Gasteiger partial charge >= 0.3 is 7.12 Å². The summed E-state index contributed by atoms with van der Waals surface area (Å²) in [5.41, 5.74) is 0.528. The Labute approximate surface area is 129 Å². The SMILES string of the molecule is CC(=O)C[C@@H]1CC[C@H](NC(=O)Cc2ccccc2O)B(O)O1. The number of Topliss-reactive ketones (excluding diaryl/α,β-unsaturated/α-hetero) is 1. The largest absolute Gasteiger partial charge is 0.508 e. The number of phenolic OH excluding ortho intramolecular Hbond substituents is 1. The van der Waals surface area contributed by atoms with Gasteiger partial charge in [-0.15, -0.1) is 0 Å². The highest BCUT2D eigenvalue weighted by molar-refractivity contribution is 6.45. The summed E-state index contributed by atoms with van der Waals surface area (Å²) in [6.07, 6.45) is 1.17. The van der Waals surface area contributed by atoms with Gasteiger partial charge in [-0.1, -0.05) is 18.2 Å². The molecule has 1 fully saturated rings. The number of aromatic hydroxyl groups is 1. The first kappa shape index (κ1) is 16.5. The van der Waals surface area contributed by atoms with E-state index in [4.69, 9.17) is 4.65 Å². The van der Waals surface area contributed by atoms with E-state index in [9.17, 15) is 19.7 Å². The molecule has 2 rings (SSSR count). The zero-order chi connectivity index (χ0) is 16.1. The Bertz CT molecular complexity index is 550. The lowest BCUT2D eigenvalue weighted by Crippen LogP contribution is -2.53. The summed E-state index contributed by atoms with van der Waals surface area (Å²) in [6.45, 7) is 1.48. The van der Waals surface area contributed by atoms with Gasteiger partial charge in [0.2, 0.25) is 5.91 Å². The molecule has 0 radical (unpaired) electrons. The van der Waals surface area contributed by atoms with E-state index in [1.165, 1.54) is 13.0 Å². The highest BCUT2D eigenvalue weighted by Gasteiger charge is 2.36. The molecule has 1 aliphatic heterocycles. The second-order valence-corrected chi connectivity index (χ2v) is 5.61. The van der Waals surface area contributed by atoms with Crippen LogP contribution >= 0.6 is 0 Å². The van der Waals surface area contributed by atoms with Crippen molar-refractivity contribution in [3.05, 3.63) is 29.8 Å². The zero-order valence-corrected chi connectivity index (χ0v) is 12.5. The molecule has 1 heterocycles. The molecule has 0 unspecified atom stereocenters. The standard InChI is InChI=1S/C15H20BNO5/c1-10(18)8-12-6-7-14(16(21)22-12)17-15(20)9-11-4-2-3-5-13(11)19/h2-5,12,14,19,21H,6-9H2,1H3,(H,17,20)/t12-,14-/m0/s1. The third kappa shape index (κ3) is 4.57. The van der Waals surface area contributed by atoms with Crippen molar-refractivity contribution in [2.45, 2.75) is 44.7 Å². The van der Waals surface area contributed by atoms with Gasteiger partial charge in [-0.2, -0.15) is 0 Å². The second-order valence-electron chi connectivity index (χ2n) is 5.61. The summed E-state index contributed by atoms with van der Waals surface area (Å²) in [5.74, 6) is -0.709. The maximum absolute atomic E-state index is 12.0. The van der Waals surface area contributed by atoms with Gasteiger partial charge in [0.15, 0.2) is 0 Å². The Balaban J connectivity index is 1.85. The molecule has 0 aliphatic carbocycles. The van der Waals surface area contributed by atoms with Gasteiger partial charge in [0, 0.05) is 18.1 Å². The minimum absolute atomic E-state index is 0.0132. The summed E-state index contributed by atoms with van der Waals surface area (Å²) < 4.78 is 5.36. The molecule has 3 N–H and O–H groups in total. The van der Waals surface area contributed by atoms with Crippen LogP contribution in [-0.2, 0) is 20.7 Å². The number of rotatable bonds is 5. The maximum atomic E-state index is 12.0. The van der Waals surface area contributed by atoms with Crippen LogP contribution in [0.15, 0.2) is 24.3 Å². The van der Waals surface area contributed by atoms with Crippen LogP contribution in [0.2, 0.25) is 0 Å². The number of phenols is 1. The van der Waals surface area contributed by atoms with Gasteiger partial charge in [-0.3, -0.25) is 9.59 Å². The van der Waals surface area contributed by atoms with Crippen LogP contribution in [0.4, 0.5) is 0 Å². The van der Waals surface area contributed by atoms with Gasteiger partial charge in [-0.05, 0) is 25.8 Å². The Hall–Kier alpha value is -1.86. The molecule has 0 saturated carbocycles. The van der Waals surface area contributed by atoms with Crippen LogP contribution in [0.3, 0.4) is 0 Å². The van der Waals surface area contributed by atoms with Crippen LogP contribution in [0.1, 0.15) is 31.7 Å². The molecule has 7 heteroatoms. The number of para-hydroxylation sites is 1. The Kier molecular flexibility index (Phi) is 5.57. The number of amides is 1. The second kappa shape index (κ2) is 7.42. The van der Waals surface area contributed by atoms with E-state index in [1.54, 1.807) is 18.2 Å². The first-order chi connectivity index (χ1) is 10.5. The predicted octanol–water partition coefficient (Wildman–Crippen LogP) is 0.597. The zero-order valence-electron chi connectivity index (χ0n) is 12.5. The summed E-state index contributed by atoms with van der Waals surface area (Å²) in [4.78, 5) is 23.1. The van der Waals surface area contributed by atoms with Crippen LogP contribution in [0.25, 0.3) is 0 Å². The van der Waals surface area contributed by atoms with Crippen molar-refractivity contribution in [1.29, 1.82) is 0 Å². The molecule has 1 aliphatic rings. The summed E-state index contributed by atoms with van der Waals surface area (Å²) in [7, 11) is -1.12. The number of hydrogen-bond donors (Lipinski definition) is 3. The van der Waals surface area contributed by atoms with E-state index < -0.39 is 13.1 Å². The minimum Gasteiger partial charge on any atom is -0.508 e. The third-order valence-electron chi connectivity index (χ3n) is 3.68. The average molecular weight is 305 g/mol. The summed E-state index contributed by atoms with van der Waals surface area (Å²) in [5, 5.41) is 22.3. The monoisotopic (exact) mass is 305 g/mol. The van der Waals surface area contributed by atoms with E-state index in [0.29, 0.717) is 18.4 Å². The maximum Gasteiger partial charge on any atom is 0.478 e. The molecule has 0 spiro atoms. The number of hydrogen-bond acceptors (Lipinski definition) is 5. The predicted molar refractivity (Wildman–Crippen MR) is 81.1 cm³/mol. The number of benzene rings is 1. The molecule has 1 aromatic carbocycles. The van der Waals surface area contributed by atoms with Crippen molar-refractivity contribution in [1.82, 2.24) is 5.32 Å². The quantitative estimate of drug-likeness (QED) is 0.692. The van der Waals surface area contributed by atoms with E-state index in [2.05, 4.69) is 5.32 Å². The fourth-order valence-corrected chi connectivity index (χ4v) is 2.57. The molecule has 6 nitrogen and oxygen atoms in total. The van der Waals surface area contributed by atoms with Gasteiger partial charge in [-0.25, -0.2) is 0 Å². The highest BCUT2D eigenvalue weighted by atomic mass is 16.5. The van der Waals surface area contributed by atoms with Gasteiger partial charge in [0.25, 0.3) is 0 Å². The third-order valence-corrected chi connectivity index (χ3v) is 3.68. The van der Waals surface area contributed by atoms with Crippen LogP contribution in [-0.4, -0.2) is 41.0 Å². The molecular weight excluding hydrogens is 285 g/mol. The minimum atomic E-state index is -1.12. The first-order valence-corrected chi connectivity index (χ1v) is 7.35. The molecule has 1 aromatic rings. The highest BCUT2D eigenvalue weighted by Crippen LogP contribution is 2.20. The Morgan fingerprint density at radius 1 is 1.36 bits per heavy atom. The molecule has 22 heavy (non-hydrogen) atoms. The number of nitrogens with one attached hydrogen (secondary N) is 1. The van der Waals surface area contributed by atoms with Crippen molar-refractivity contribution in [2.75, 3.05) is 0 Å². The van der Waals surface area contributed by atoms with Crippen molar-refractivity contribution in [2.24, 2.45) is 0 Å². The van der Waals surface area contributed by atoms with Crippen LogP contribution in [0.5, 0.6) is 5.75 Å². The van der Waals surface area contributed by atoms with E-state index in [0.717, 1.165) is 0 Å². The fraction of sp³-hybridized carbons (Fsp3) is 0.467. The number of carbonyl (C=O) groups is 2. The van der Waals surface area contributed by atoms with Crippen molar-refractivity contribution in [3.8, 4) is 5.75 Å². The smallest absolute Gasteiger partial charge is 0.478 e. The van der Waals surface area contributed by atoms with Crippen molar-refractivity contribution >= 4 is 18.8 Å². The first-order valence-electron chi connectivity index (χ1n) is 7.35. The lowest BCUT2D eigenvalue weighted by Gasteiger charge is -2.31. The summed E-state index contributed by atoms with van der Waals surface area (Å²) in [6, 6.07) is 6.62. The van der Waals surface area contributed by atoms with Crippen molar-refractivity contribution in [3.63, 3.8) is 0 Å². The van der Waals surface area contributed by atoms with Gasteiger partial charge < -0.3 is 20.1 Å². The number of ketones is 1. The van der Waals surface area contributed by atoms with E-state index in [-0.39, 0.29) is 36.4 Å². The molecule has 1 saturated heterocycles. The molecular formula is C15H20BNO5. The molecule has 1 amide bonds.